The predicted molar refractivity (Wildman–Crippen MR) is 113 cm³/mol. The van der Waals surface area contributed by atoms with Crippen molar-refractivity contribution in [1.82, 2.24) is 4.57 Å². The van der Waals surface area contributed by atoms with E-state index >= 15 is 0 Å². The van der Waals surface area contributed by atoms with E-state index in [4.69, 9.17) is 9.15 Å². The van der Waals surface area contributed by atoms with Gasteiger partial charge in [-0.2, -0.15) is 0 Å². The lowest BCUT2D eigenvalue weighted by atomic mass is 10.1. The molecule has 2 aromatic carbocycles. The zero-order chi connectivity index (χ0) is 20.0. The normalized spacial score (nSPS) is 11.5. The molecule has 0 bridgehead atoms. The molecule has 0 radical (unpaired) electrons. The lowest BCUT2D eigenvalue weighted by molar-refractivity contribution is 0.102. The molecule has 0 aliphatic carbocycles. The summed E-state index contributed by atoms with van der Waals surface area (Å²) in [5.41, 5.74) is 4.80. The molecular weight excluding hydrogens is 352 g/mol. The van der Waals surface area contributed by atoms with Crippen LogP contribution in [0.15, 0.2) is 46.9 Å². The standard InChI is InChI=1S/C23H24N2O3/c1-13(2)25-14(3)10-17(15(25)4)23(26)24-19-12-21-18(11-22(19)27-5)16-8-6-7-9-20(16)28-21/h6-13H,1-5H3,(H,24,26). The molecular formula is C23H24N2O3. The van der Waals surface area contributed by atoms with Crippen LogP contribution in [0.4, 0.5) is 5.69 Å². The number of furan rings is 1. The highest BCUT2D eigenvalue weighted by atomic mass is 16.5. The van der Waals surface area contributed by atoms with Gasteiger partial charge < -0.3 is 19.0 Å². The highest BCUT2D eigenvalue weighted by Crippen LogP contribution is 2.36. The van der Waals surface area contributed by atoms with Gasteiger partial charge in [-0.1, -0.05) is 18.2 Å². The van der Waals surface area contributed by atoms with E-state index in [1.54, 1.807) is 7.11 Å². The van der Waals surface area contributed by atoms with Crippen LogP contribution in [-0.4, -0.2) is 17.6 Å². The molecule has 2 heterocycles. The van der Waals surface area contributed by atoms with Gasteiger partial charge in [0.25, 0.3) is 5.91 Å². The fourth-order valence-electron chi connectivity index (χ4n) is 4.01. The van der Waals surface area contributed by atoms with E-state index in [2.05, 4.69) is 23.7 Å². The quantitative estimate of drug-likeness (QED) is 0.486. The van der Waals surface area contributed by atoms with Crippen LogP contribution in [0, 0.1) is 13.8 Å². The first-order chi connectivity index (χ1) is 13.4. The molecule has 0 unspecified atom stereocenters. The number of aryl methyl sites for hydroxylation is 1. The molecule has 1 N–H and O–H groups in total. The van der Waals surface area contributed by atoms with Crippen LogP contribution in [0.2, 0.25) is 0 Å². The number of nitrogens with one attached hydrogen (secondary N) is 1. The Labute approximate surface area is 163 Å². The molecule has 4 aromatic rings. The molecule has 4 rings (SSSR count). The summed E-state index contributed by atoms with van der Waals surface area (Å²) in [6.45, 7) is 8.22. The number of hydrogen-bond acceptors (Lipinski definition) is 3. The molecule has 5 heteroatoms. The maximum absolute atomic E-state index is 13.0. The van der Waals surface area contributed by atoms with Crippen molar-refractivity contribution in [3.63, 3.8) is 0 Å². The van der Waals surface area contributed by atoms with E-state index in [0.717, 1.165) is 27.7 Å². The fourth-order valence-corrected chi connectivity index (χ4v) is 4.01. The Balaban J connectivity index is 1.76. The van der Waals surface area contributed by atoms with Gasteiger partial charge in [-0.15, -0.1) is 0 Å². The lowest BCUT2D eigenvalue weighted by Gasteiger charge is -2.14. The molecule has 144 valence electrons. The minimum atomic E-state index is -0.159. The molecule has 0 saturated heterocycles. The number of para-hydroxylation sites is 1. The molecule has 28 heavy (non-hydrogen) atoms. The van der Waals surface area contributed by atoms with E-state index in [9.17, 15) is 4.79 Å². The number of benzene rings is 2. The average Bonchev–Trinajstić information content (AvgIpc) is 3.17. The number of fused-ring (bicyclic) bond motifs is 3. The van der Waals surface area contributed by atoms with Crippen molar-refractivity contribution in [2.75, 3.05) is 12.4 Å². The second-order valence-corrected chi connectivity index (χ2v) is 7.35. The summed E-state index contributed by atoms with van der Waals surface area (Å²) in [7, 11) is 1.60. The van der Waals surface area contributed by atoms with Gasteiger partial charge >= 0.3 is 0 Å². The van der Waals surface area contributed by atoms with Crippen molar-refractivity contribution in [3.05, 3.63) is 59.4 Å². The molecule has 5 nitrogen and oxygen atoms in total. The molecule has 2 aromatic heterocycles. The number of aromatic nitrogens is 1. The minimum absolute atomic E-state index is 0.159. The van der Waals surface area contributed by atoms with Gasteiger partial charge in [-0.3, -0.25) is 4.79 Å². The van der Waals surface area contributed by atoms with Crippen molar-refractivity contribution in [1.29, 1.82) is 0 Å². The van der Waals surface area contributed by atoms with Gasteiger partial charge in [0.15, 0.2) is 0 Å². The summed E-state index contributed by atoms with van der Waals surface area (Å²) in [5.74, 6) is 0.443. The Morgan fingerprint density at radius 2 is 1.82 bits per heavy atom. The summed E-state index contributed by atoms with van der Waals surface area (Å²) in [6, 6.07) is 13.8. The Kier molecular flexibility index (Phi) is 4.38. The number of amides is 1. The summed E-state index contributed by atoms with van der Waals surface area (Å²) in [6.07, 6.45) is 0. The molecule has 0 fully saturated rings. The summed E-state index contributed by atoms with van der Waals surface area (Å²) in [4.78, 5) is 13.0. The Morgan fingerprint density at radius 3 is 2.50 bits per heavy atom. The Morgan fingerprint density at radius 1 is 1.07 bits per heavy atom. The third kappa shape index (κ3) is 2.83. The zero-order valence-corrected chi connectivity index (χ0v) is 16.8. The number of hydrogen-bond donors (Lipinski definition) is 1. The van der Waals surface area contributed by atoms with E-state index in [-0.39, 0.29) is 5.91 Å². The minimum Gasteiger partial charge on any atom is -0.495 e. The molecule has 1 amide bonds. The van der Waals surface area contributed by atoms with Gasteiger partial charge in [0.1, 0.15) is 16.9 Å². The van der Waals surface area contributed by atoms with E-state index in [1.165, 1.54) is 0 Å². The van der Waals surface area contributed by atoms with Gasteiger partial charge in [0.05, 0.1) is 18.4 Å². The largest absolute Gasteiger partial charge is 0.495 e. The topological polar surface area (TPSA) is 56.4 Å². The second-order valence-electron chi connectivity index (χ2n) is 7.35. The monoisotopic (exact) mass is 376 g/mol. The predicted octanol–water partition coefficient (Wildman–Crippen LogP) is 5.85. The van der Waals surface area contributed by atoms with Crippen molar-refractivity contribution in [2.45, 2.75) is 33.7 Å². The van der Waals surface area contributed by atoms with Gasteiger partial charge in [0, 0.05) is 34.3 Å². The first-order valence-electron chi connectivity index (χ1n) is 9.39. The molecule has 0 atom stereocenters. The van der Waals surface area contributed by atoms with Crippen molar-refractivity contribution < 1.29 is 13.9 Å². The number of rotatable bonds is 4. The SMILES string of the molecule is COc1cc2c(cc1NC(=O)c1cc(C)n(C(C)C)c1C)oc1ccccc12. The number of carbonyl (C=O) groups is 1. The first kappa shape index (κ1) is 18.2. The van der Waals surface area contributed by atoms with Crippen molar-refractivity contribution >= 4 is 33.5 Å². The lowest BCUT2D eigenvalue weighted by Crippen LogP contribution is -2.14. The summed E-state index contributed by atoms with van der Waals surface area (Å²) >= 11 is 0. The van der Waals surface area contributed by atoms with Crippen LogP contribution in [0.25, 0.3) is 21.9 Å². The van der Waals surface area contributed by atoms with Crippen LogP contribution in [0.3, 0.4) is 0 Å². The Bertz CT molecular complexity index is 1200. The average molecular weight is 376 g/mol. The second kappa shape index (κ2) is 6.75. The number of carbonyl (C=O) groups excluding carboxylic acids is 1. The maximum atomic E-state index is 13.0. The maximum Gasteiger partial charge on any atom is 0.257 e. The van der Waals surface area contributed by atoms with Gasteiger partial charge in [-0.05, 0) is 45.9 Å². The van der Waals surface area contributed by atoms with Gasteiger partial charge in [0.2, 0.25) is 0 Å². The van der Waals surface area contributed by atoms with Crippen LogP contribution in [-0.2, 0) is 0 Å². The van der Waals surface area contributed by atoms with E-state index in [0.29, 0.717) is 28.6 Å². The van der Waals surface area contributed by atoms with Crippen molar-refractivity contribution in [2.24, 2.45) is 0 Å². The van der Waals surface area contributed by atoms with Crippen LogP contribution < -0.4 is 10.1 Å². The number of ether oxygens (including phenoxy) is 1. The summed E-state index contributed by atoms with van der Waals surface area (Å²) < 4.78 is 13.7. The van der Waals surface area contributed by atoms with E-state index < -0.39 is 0 Å². The smallest absolute Gasteiger partial charge is 0.257 e. The third-order valence-electron chi connectivity index (χ3n) is 5.19. The third-order valence-corrected chi connectivity index (χ3v) is 5.19. The summed E-state index contributed by atoms with van der Waals surface area (Å²) in [5, 5.41) is 4.98. The number of nitrogens with zero attached hydrogens (tertiary/aromatic N) is 1. The van der Waals surface area contributed by atoms with Crippen LogP contribution in [0.1, 0.15) is 41.6 Å². The van der Waals surface area contributed by atoms with Crippen molar-refractivity contribution in [3.8, 4) is 5.75 Å². The number of methoxy groups -OCH3 is 1. The molecule has 0 saturated carbocycles. The van der Waals surface area contributed by atoms with Crippen LogP contribution in [0.5, 0.6) is 5.75 Å². The van der Waals surface area contributed by atoms with Gasteiger partial charge in [-0.25, -0.2) is 0 Å². The fraction of sp³-hybridized carbons (Fsp3) is 0.261. The molecule has 0 aliphatic heterocycles. The molecule has 0 spiro atoms. The highest BCUT2D eigenvalue weighted by molar-refractivity contribution is 6.10. The zero-order valence-electron chi connectivity index (χ0n) is 16.8. The first-order valence-corrected chi connectivity index (χ1v) is 9.39. The van der Waals surface area contributed by atoms with E-state index in [1.807, 2.05) is 56.3 Å². The Hall–Kier alpha value is -3.21. The molecule has 0 aliphatic rings. The highest BCUT2D eigenvalue weighted by Gasteiger charge is 2.19. The number of anilines is 1. The van der Waals surface area contributed by atoms with Crippen LogP contribution >= 0.6 is 0 Å².